The molecule has 0 aliphatic rings. The van der Waals surface area contributed by atoms with Crippen molar-refractivity contribution in [1.82, 2.24) is 13.8 Å². The maximum absolute atomic E-state index is 13.7. The Bertz CT molecular complexity index is 1770. The summed E-state index contributed by atoms with van der Waals surface area (Å²) < 4.78 is 68.7. The molecule has 0 aliphatic carbocycles. The minimum Gasteiger partial charge on any atom is -0.481 e. The van der Waals surface area contributed by atoms with Gasteiger partial charge in [-0.3, -0.25) is 9.48 Å². The molecular formula is C26H20F3N3O4S2. The van der Waals surface area contributed by atoms with Crippen LogP contribution in [-0.4, -0.2) is 33.2 Å². The molecule has 0 fully saturated rings. The number of aliphatic carboxylic acids is 1. The van der Waals surface area contributed by atoms with Gasteiger partial charge in [0.2, 0.25) is 0 Å². The van der Waals surface area contributed by atoms with E-state index in [-0.39, 0.29) is 27.6 Å². The average Bonchev–Trinajstić information content (AvgIpc) is 3.60. The van der Waals surface area contributed by atoms with Gasteiger partial charge in [-0.25, -0.2) is 3.97 Å². The molecule has 0 saturated carbocycles. The first-order chi connectivity index (χ1) is 17.9. The summed E-state index contributed by atoms with van der Waals surface area (Å²) in [5, 5.41) is 13.7. The molecule has 3 heterocycles. The Morgan fingerprint density at radius 1 is 1.03 bits per heavy atom. The van der Waals surface area contributed by atoms with Gasteiger partial charge in [0, 0.05) is 25.1 Å². The van der Waals surface area contributed by atoms with Crippen molar-refractivity contribution in [3.63, 3.8) is 0 Å². The topological polar surface area (TPSA) is 94.2 Å². The number of hydrogen-bond acceptors (Lipinski definition) is 5. The predicted molar refractivity (Wildman–Crippen MR) is 137 cm³/mol. The molecule has 38 heavy (non-hydrogen) atoms. The van der Waals surface area contributed by atoms with Crippen molar-refractivity contribution in [3.8, 4) is 21.7 Å². The van der Waals surface area contributed by atoms with Gasteiger partial charge in [-0.05, 0) is 53.4 Å². The molecular weight excluding hydrogens is 539 g/mol. The Morgan fingerprint density at radius 2 is 1.76 bits per heavy atom. The summed E-state index contributed by atoms with van der Waals surface area (Å²) in [5.74, 6) is -1.01. The molecule has 12 heteroatoms. The van der Waals surface area contributed by atoms with E-state index in [0.717, 1.165) is 32.5 Å². The number of carboxylic acid groups (broad SMARTS) is 1. The number of fused-ring (bicyclic) bond motifs is 1. The summed E-state index contributed by atoms with van der Waals surface area (Å²) in [4.78, 5) is 11.5. The third-order valence-electron chi connectivity index (χ3n) is 6.09. The van der Waals surface area contributed by atoms with E-state index in [9.17, 15) is 31.5 Å². The molecule has 0 amide bonds. The number of carboxylic acids is 1. The Hall–Kier alpha value is -3.90. The monoisotopic (exact) mass is 559 g/mol. The molecule has 196 valence electrons. The highest BCUT2D eigenvalue weighted by Gasteiger charge is 2.35. The van der Waals surface area contributed by atoms with E-state index in [1.165, 1.54) is 25.4 Å². The third-order valence-corrected chi connectivity index (χ3v) is 9.33. The number of hydrogen-bond donors (Lipinski definition) is 1. The van der Waals surface area contributed by atoms with Crippen LogP contribution in [0.4, 0.5) is 13.2 Å². The lowest BCUT2D eigenvalue weighted by Gasteiger charge is -2.07. The molecule has 5 rings (SSSR count). The molecule has 5 aromatic rings. The van der Waals surface area contributed by atoms with Crippen LogP contribution in [-0.2, 0) is 34.5 Å². The smallest absolute Gasteiger partial charge is 0.433 e. The minimum absolute atomic E-state index is 0.0123. The van der Waals surface area contributed by atoms with Crippen LogP contribution < -0.4 is 0 Å². The van der Waals surface area contributed by atoms with Gasteiger partial charge in [-0.15, -0.1) is 11.3 Å². The minimum atomic E-state index is -4.60. The maximum atomic E-state index is 13.7. The SMILES string of the molecule is Cn1nc(-c2ccc(S(=O)(=O)n3cc(CCC(=O)O)c4cc(-c5ccccc5)ccc43)s2)cc1C(F)(F)F. The number of aromatic nitrogens is 3. The second kappa shape index (κ2) is 9.44. The maximum Gasteiger partial charge on any atom is 0.433 e. The molecule has 1 N–H and O–H groups in total. The number of carbonyl (C=O) groups is 1. The lowest BCUT2D eigenvalue weighted by Crippen LogP contribution is -2.11. The van der Waals surface area contributed by atoms with Gasteiger partial charge >= 0.3 is 12.1 Å². The highest BCUT2D eigenvalue weighted by Crippen LogP contribution is 2.37. The fourth-order valence-corrected chi connectivity index (χ4v) is 7.00. The first kappa shape index (κ1) is 25.7. The van der Waals surface area contributed by atoms with Crippen LogP contribution in [0, 0.1) is 0 Å². The van der Waals surface area contributed by atoms with Gasteiger partial charge in [-0.1, -0.05) is 36.4 Å². The number of benzene rings is 2. The van der Waals surface area contributed by atoms with Gasteiger partial charge in [0.05, 0.1) is 10.4 Å². The Labute approximate surface area is 219 Å². The van der Waals surface area contributed by atoms with E-state index in [4.69, 9.17) is 0 Å². The standard InChI is InChI=1S/C26H20F3N3O4S2/c1-31-23(26(27,28)29)14-20(30-31)22-10-12-25(37-22)38(35,36)32-15-18(8-11-24(33)34)19-13-17(7-9-21(19)32)16-5-3-2-4-6-16/h2-7,9-10,12-15H,8,11H2,1H3,(H,33,34). The van der Waals surface area contributed by atoms with Crippen LogP contribution in [0.5, 0.6) is 0 Å². The summed E-state index contributed by atoms with van der Waals surface area (Å²) in [7, 11) is -2.98. The molecule has 0 aliphatic heterocycles. The van der Waals surface area contributed by atoms with Gasteiger partial charge < -0.3 is 5.11 Å². The van der Waals surface area contributed by atoms with Crippen LogP contribution in [0.3, 0.4) is 0 Å². The van der Waals surface area contributed by atoms with E-state index in [1.54, 1.807) is 12.1 Å². The van der Waals surface area contributed by atoms with Crippen LogP contribution >= 0.6 is 11.3 Å². The average molecular weight is 560 g/mol. The normalized spacial score (nSPS) is 12.3. The van der Waals surface area contributed by atoms with Crippen LogP contribution in [0.15, 0.2) is 77.1 Å². The zero-order chi connectivity index (χ0) is 27.2. The Morgan fingerprint density at radius 3 is 2.42 bits per heavy atom. The van der Waals surface area contributed by atoms with Crippen molar-refractivity contribution in [2.24, 2.45) is 7.05 Å². The molecule has 0 radical (unpaired) electrons. The fraction of sp³-hybridized carbons (Fsp3) is 0.154. The zero-order valence-corrected chi connectivity index (χ0v) is 21.4. The summed E-state index contributed by atoms with van der Waals surface area (Å²) in [6.07, 6.45) is -3.24. The number of aryl methyl sites for hydroxylation is 2. The van der Waals surface area contributed by atoms with Crippen LogP contribution in [0.25, 0.3) is 32.6 Å². The van der Waals surface area contributed by atoms with Gasteiger partial charge in [0.15, 0.2) is 0 Å². The Balaban J connectivity index is 1.59. The Kier molecular flexibility index (Phi) is 6.40. The molecule has 0 saturated heterocycles. The van der Waals surface area contributed by atoms with E-state index in [0.29, 0.717) is 21.1 Å². The molecule has 0 bridgehead atoms. The number of alkyl halides is 3. The van der Waals surface area contributed by atoms with E-state index >= 15 is 0 Å². The van der Waals surface area contributed by atoms with E-state index in [1.807, 2.05) is 36.4 Å². The number of rotatable bonds is 7. The second-order valence-electron chi connectivity index (χ2n) is 8.60. The van der Waals surface area contributed by atoms with Gasteiger partial charge in [-0.2, -0.15) is 26.7 Å². The highest BCUT2D eigenvalue weighted by molar-refractivity contribution is 7.92. The summed E-state index contributed by atoms with van der Waals surface area (Å²) in [6, 6.07) is 18.4. The van der Waals surface area contributed by atoms with Crippen molar-refractivity contribution in [3.05, 3.63) is 84.2 Å². The molecule has 0 unspecified atom stereocenters. The van der Waals surface area contributed by atoms with Crippen molar-refractivity contribution in [1.29, 1.82) is 0 Å². The van der Waals surface area contributed by atoms with Gasteiger partial charge in [0.25, 0.3) is 10.0 Å². The van der Waals surface area contributed by atoms with Crippen molar-refractivity contribution >= 4 is 38.2 Å². The number of thiophene rings is 1. The molecule has 7 nitrogen and oxygen atoms in total. The third kappa shape index (κ3) is 4.72. The second-order valence-corrected chi connectivity index (χ2v) is 11.7. The number of nitrogens with zero attached hydrogens (tertiary/aromatic N) is 3. The number of halogens is 3. The molecule has 0 spiro atoms. The van der Waals surface area contributed by atoms with Crippen LogP contribution in [0.2, 0.25) is 0 Å². The van der Waals surface area contributed by atoms with Crippen molar-refractivity contribution in [2.75, 3.05) is 0 Å². The summed E-state index contributed by atoms with van der Waals surface area (Å²) in [6.45, 7) is 0. The lowest BCUT2D eigenvalue weighted by molar-refractivity contribution is -0.143. The van der Waals surface area contributed by atoms with E-state index < -0.39 is 27.9 Å². The zero-order valence-electron chi connectivity index (χ0n) is 19.8. The van der Waals surface area contributed by atoms with Crippen LogP contribution in [0.1, 0.15) is 17.7 Å². The summed E-state index contributed by atoms with van der Waals surface area (Å²) in [5.41, 5.74) is 1.76. The van der Waals surface area contributed by atoms with Crippen molar-refractivity contribution in [2.45, 2.75) is 23.2 Å². The quantitative estimate of drug-likeness (QED) is 0.262. The molecule has 0 atom stereocenters. The predicted octanol–water partition coefficient (Wildman–Crippen LogP) is 6.04. The summed E-state index contributed by atoms with van der Waals surface area (Å²) >= 11 is 0.810. The molecule has 2 aromatic carbocycles. The fourth-order valence-electron chi connectivity index (χ4n) is 4.26. The lowest BCUT2D eigenvalue weighted by atomic mass is 10.0. The first-order valence-corrected chi connectivity index (χ1v) is 13.6. The van der Waals surface area contributed by atoms with E-state index in [2.05, 4.69) is 5.10 Å². The molecule has 3 aromatic heterocycles. The largest absolute Gasteiger partial charge is 0.481 e. The van der Waals surface area contributed by atoms with Gasteiger partial charge in [0.1, 0.15) is 15.6 Å². The van der Waals surface area contributed by atoms with Crippen molar-refractivity contribution < 1.29 is 31.5 Å². The first-order valence-electron chi connectivity index (χ1n) is 11.3. The highest BCUT2D eigenvalue weighted by atomic mass is 32.2.